The van der Waals surface area contributed by atoms with E-state index in [-0.39, 0.29) is 23.4 Å². The maximum atomic E-state index is 12.9. The van der Waals surface area contributed by atoms with Crippen molar-refractivity contribution in [3.8, 4) is 0 Å². The summed E-state index contributed by atoms with van der Waals surface area (Å²) < 4.78 is 39.3. The van der Waals surface area contributed by atoms with E-state index in [1.165, 1.54) is 0 Å². The van der Waals surface area contributed by atoms with E-state index in [0.717, 1.165) is 11.3 Å². The van der Waals surface area contributed by atoms with E-state index in [1.54, 1.807) is 18.2 Å². The Morgan fingerprint density at radius 2 is 2.05 bits per heavy atom. The van der Waals surface area contributed by atoms with Crippen LogP contribution in [-0.2, 0) is 0 Å². The summed E-state index contributed by atoms with van der Waals surface area (Å²) in [6.45, 7) is 0. The lowest BCUT2D eigenvalue weighted by atomic mass is 10.2. The molecule has 1 aromatic carbocycles. The first-order valence-electron chi connectivity index (χ1n) is 6.10. The Morgan fingerprint density at radius 3 is 2.62 bits per heavy atom. The van der Waals surface area contributed by atoms with Crippen LogP contribution in [-0.4, -0.2) is 17.6 Å². The molecule has 0 atom stereocenters. The Bertz CT molecular complexity index is 737. The van der Waals surface area contributed by atoms with Gasteiger partial charge in [-0.15, -0.1) is 11.3 Å². The number of thiophene rings is 1. The van der Waals surface area contributed by atoms with Gasteiger partial charge in [0, 0.05) is 15.1 Å². The molecule has 1 saturated carbocycles. The predicted octanol–water partition coefficient (Wildman–Crippen LogP) is 3.96. The number of nitrogen functional groups attached to an aromatic ring is 1. The first-order valence-corrected chi connectivity index (χ1v) is 7.30. The van der Waals surface area contributed by atoms with Crippen molar-refractivity contribution in [1.82, 2.24) is 5.32 Å². The number of nitrogens with two attached hydrogens (primary N) is 1. The molecule has 0 unspecified atom stereocenters. The Morgan fingerprint density at radius 1 is 1.38 bits per heavy atom. The first kappa shape index (κ1) is 14.5. The molecular weight excluding hydrogens is 325 g/mol. The van der Waals surface area contributed by atoms with Gasteiger partial charge in [-0.2, -0.15) is 13.2 Å². The summed E-state index contributed by atoms with van der Waals surface area (Å²) in [6, 6.07) is 4.90. The molecule has 0 bridgehead atoms. The van der Waals surface area contributed by atoms with Crippen LogP contribution in [0.15, 0.2) is 18.2 Å². The SMILES string of the molecule is Nc1c(C(=O)NC2(C(F)(F)F)CC2)sc2cc(Cl)ccc12. The number of amides is 1. The summed E-state index contributed by atoms with van der Waals surface area (Å²) in [4.78, 5) is 12.2. The Kier molecular flexibility index (Phi) is 3.11. The zero-order valence-corrected chi connectivity index (χ0v) is 12.1. The van der Waals surface area contributed by atoms with Gasteiger partial charge in [-0.25, -0.2) is 0 Å². The number of halogens is 4. The number of rotatable bonds is 2. The molecule has 0 saturated heterocycles. The summed E-state index contributed by atoms with van der Waals surface area (Å²) in [5, 5.41) is 3.17. The molecule has 1 aliphatic rings. The van der Waals surface area contributed by atoms with Crippen LogP contribution in [0.5, 0.6) is 0 Å². The minimum absolute atomic E-state index is 0.0859. The molecule has 1 fully saturated rings. The molecule has 1 amide bonds. The number of carbonyl (C=O) groups excluding carboxylic acids is 1. The van der Waals surface area contributed by atoms with Crippen molar-refractivity contribution >= 4 is 44.6 Å². The van der Waals surface area contributed by atoms with Crippen LogP contribution in [0.3, 0.4) is 0 Å². The summed E-state index contributed by atoms with van der Waals surface area (Å²) in [7, 11) is 0. The zero-order valence-electron chi connectivity index (χ0n) is 10.6. The number of benzene rings is 1. The van der Waals surface area contributed by atoms with Crippen molar-refractivity contribution in [2.45, 2.75) is 24.6 Å². The monoisotopic (exact) mass is 334 g/mol. The number of alkyl halides is 3. The molecule has 1 aliphatic carbocycles. The lowest BCUT2D eigenvalue weighted by molar-refractivity contribution is -0.163. The molecule has 0 radical (unpaired) electrons. The lowest BCUT2D eigenvalue weighted by Crippen LogP contribution is -2.47. The van der Waals surface area contributed by atoms with Crippen LogP contribution in [0.1, 0.15) is 22.5 Å². The molecule has 3 rings (SSSR count). The average molecular weight is 335 g/mol. The molecule has 3 N–H and O–H groups in total. The fraction of sp³-hybridized carbons (Fsp3) is 0.308. The van der Waals surface area contributed by atoms with E-state index in [4.69, 9.17) is 17.3 Å². The van der Waals surface area contributed by atoms with Crippen molar-refractivity contribution in [2.75, 3.05) is 5.73 Å². The second-order valence-corrected chi connectivity index (χ2v) is 6.51. The van der Waals surface area contributed by atoms with Gasteiger partial charge in [0.05, 0.1) is 5.69 Å². The third-order valence-electron chi connectivity index (χ3n) is 3.54. The molecular formula is C13H10ClF3N2OS. The second kappa shape index (κ2) is 4.51. The summed E-state index contributed by atoms with van der Waals surface area (Å²) in [6.07, 6.45) is -4.64. The van der Waals surface area contributed by atoms with Crippen molar-refractivity contribution in [2.24, 2.45) is 0 Å². The van der Waals surface area contributed by atoms with E-state index >= 15 is 0 Å². The summed E-state index contributed by atoms with van der Waals surface area (Å²) >= 11 is 6.89. The number of carbonyl (C=O) groups is 1. The van der Waals surface area contributed by atoms with Crippen molar-refractivity contribution in [1.29, 1.82) is 0 Å². The Labute approximate surface area is 126 Å². The number of fused-ring (bicyclic) bond motifs is 1. The molecule has 2 aromatic rings. The minimum Gasteiger partial charge on any atom is -0.397 e. The van der Waals surface area contributed by atoms with Crippen LogP contribution >= 0.6 is 22.9 Å². The molecule has 8 heteroatoms. The summed E-state index contributed by atoms with van der Waals surface area (Å²) in [5.41, 5.74) is 3.95. The van der Waals surface area contributed by atoms with Crippen LogP contribution in [0.4, 0.5) is 18.9 Å². The van der Waals surface area contributed by atoms with Gasteiger partial charge in [0.25, 0.3) is 5.91 Å². The van der Waals surface area contributed by atoms with Crippen LogP contribution in [0.2, 0.25) is 5.02 Å². The van der Waals surface area contributed by atoms with E-state index in [2.05, 4.69) is 5.32 Å². The van der Waals surface area contributed by atoms with E-state index in [0.29, 0.717) is 15.1 Å². The van der Waals surface area contributed by atoms with Gasteiger partial charge in [-0.05, 0) is 31.0 Å². The maximum absolute atomic E-state index is 12.9. The highest BCUT2D eigenvalue weighted by Crippen LogP contribution is 2.49. The van der Waals surface area contributed by atoms with Crippen molar-refractivity contribution in [3.63, 3.8) is 0 Å². The van der Waals surface area contributed by atoms with Crippen LogP contribution in [0.25, 0.3) is 10.1 Å². The molecule has 1 aromatic heterocycles. The molecule has 0 spiro atoms. The average Bonchev–Trinajstić information content (AvgIpc) is 3.09. The third-order valence-corrected chi connectivity index (χ3v) is 4.94. The van der Waals surface area contributed by atoms with Gasteiger partial charge in [0.1, 0.15) is 10.4 Å². The Hall–Kier alpha value is -1.47. The highest BCUT2D eigenvalue weighted by molar-refractivity contribution is 7.21. The molecule has 3 nitrogen and oxygen atoms in total. The summed E-state index contributed by atoms with van der Waals surface area (Å²) in [5.74, 6) is -0.792. The number of anilines is 1. The van der Waals surface area contributed by atoms with Crippen LogP contribution < -0.4 is 11.1 Å². The highest BCUT2D eigenvalue weighted by Gasteiger charge is 2.64. The molecule has 21 heavy (non-hydrogen) atoms. The number of hydrogen-bond acceptors (Lipinski definition) is 3. The van der Waals surface area contributed by atoms with Gasteiger partial charge < -0.3 is 11.1 Å². The first-order chi connectivity index (χ1) is 9.73. The Balaban J connectivity index is 1.94. The standard InChI is InChI=1S/C13H10ClF3N2OS/c14-6-1-2-7-8(5-6)21-10(9(7)18)11(20)19-12(3-4-12)13(15,16)17/h1-2,5H,3-4,18H2,(H,19,20). The highest BCUT2D eigenvalue weighted by atomic mass is 35.5. The van der Waals surface area contributed by atoms with Gasteiger partial charge >= 0.3 is 6.18 Å². The van der Waals surface area contributed by atoms with Crippen LogP contribution in [0, 0.1) is 0 Å². The third kappa shape index (κ3) is 2.34. The maximum Gasteiger partial charge on any atom is 0.411 e. The number of hydrogen-bond donors (Lipinski definition) is 2. The van der Waals surface area contributed by atoms with Crippen molar-refractivity contribution in [3.05, 3.63) is 28.1 Å². The normalized spacial score (nSPS) is 17.0. The van der Waals surface area contributed by atoms with E-state index in [9.17, 15) is 18.0 Å². The van der Waals surface area contributed by atoms with E-state index < -0.39 is 17.6 Å². The van der Waals surface area contributed by atoms with Gasteiger partial charge in [-0.1, -0.05) is 11.6 Å². The van der Waals surface area contributed by atoms with Gasteiger partial charge in [-0.3, -0.25) is 4.79 Å². The molecule has 1 heterocycles. The van der Waals surface area contributed by atoms with Crippen molar-refractivity contribution < 1.29 is 18.0 Å². The largest absolute Gasteiger partial charge is 0.411 e. The fourth-order valence-corrected chi connectivity index (χ4v) is 3.43. The topological polar surface area (TPSA) is 55.1 Å². The van der Waals surface area contributed by atoms with Gasteiger partial charge in [0.2, 0.25) is 0 Å². The predicted molar refractivity (Wildman–Crippen MR) is 76.7 cm³/mol. The zero-order chi connectivity index (χ0) is 15.4. The number of nitrogens with one attached hydrogen (secondary N) is 1. The molecule has 112 valence electrons. The quantitative estimate of drug-likeness (QED) is 0.873. The molecule has 0 aliphatic heterocycles. The van der Waals surface area contributed by atoms with E-state index in [1.807, 2.05) is 0 Å². The minimum atomic E-state index is -4.45. The lowest BCUT2D eigenvalue weighted by Gasteiger charge is -2.20. The second-order valence-electron chi connectivity index (χ2n) is 5.02. The fourth-order valence-electron chi connectivity index (χ4n) is 2.14. The van der Waals surface area contributed by atoms with Gasteiger partial charge in [0.15, 0.2) is 0 Å². The smallest absolute Gasteiger partial charge is 0.397 e.